The van der Waals surface area contributed by atoms with Gasteiger partial charge in [-0.2, -0.15) is 0 Å². The zero-order valence-electron chi connectivity index (χ0n) is 13.6. The Bertz CT molecular complexity index is 721. The number of hydrogen-bond acceptors (Lipinski definition) is 4. The van der Waals surface area contributed by atoms with Crippen LogP contribution in [-0.4, -0.2) is 25.6 Å². The van der Waals surface area contributed by atoms with E-state index in [4.69, 9.17) is 9.47 Å². The van der Waals surface area contributed by atoms with E-state index in [9.17, 15) is 9.59 Å². The van der Waals surface area contributed by atoms with E-state index in [1.165, 1.54) is 0 Å². The van der Waals surface area contributed by atoms with E-state index >= 15 is 0 Å². The van der Waals surface area contributed by atoms with Crippen molar-refractivity contribution in [2.24, 2.45) is 0 Å². The molecule has 2 aromatic rings. The highest BCUT2D eigenvalue weighted by Gasteiger charge is 2.15. The lowest BCUT2D eigenvalue weighted by molar-refractivity contribution is -0.138. The summed E-state index contributed by atoms with van der Waals surface area (Å²) >= 11 is 0. The van der Waals surface area contributed by atoms with Crippen molar-refractivity contribution >= 4 is 18.0 Å². The standard InChI is InChI=1S/C19H19NO4/c1-3-24-19(22)17(13-14-9-11-16(23-2)12-10-14)20-18(21)15-7-5-4-6-8-15/h4-13H,3H2,1-2H3,(H,20,21)/b17-13+. The molecule has 0 fully saturated rings. The van der Waals surface area contributed by atoms with Crippen molar-refractivity contribution in [2.45, 2.75) is 6.92 Å². The van der Waals surface area contributed by atoms with Crippen LogP contribution in [-0.2, 0) is 9.53 Å². The number of nitrogens with one attached hydrogen (secondary N) is 1. The van der Waals surface area contributed by atoms with Crippen LogP contribution in [0, 0.1) is 0 Å². The van der Waals surface area contributed by atoms with Gasteiger partial charge in [0.2, 0.25) is 0 Å². The van der Waals surface area contributed by atoms with Crippen molar-refractivity contribution in [1.82, 2.24) is 5.32 Å². The number of methoxy groups -OCH3 is 1. The Kier molecular flexibility index (Phi) is 6.14. The summed E-state index contributed by atoms with van der Waals surface area (Å²) in [6.45, 7) is 1.93. The molecule has 0 aromatic heterocycles. The molecule has 0 heterocycles. The number of hydrogen-bond donors (Lipinski definition) is 1. The van der Waals surface area contributed by atoms with Gasteiger partial charge in [-0.15, -0.1) is 0 Å². The third-order valence-corrected chi connectivity index (χ3v) is 3.21. The maximum Gasteiger partial charge on any atom is 0.354 e. The fourth-order valence-corrected chi connectivity index (χ4v) is 2.01. The summed E-state index contributed by atoms with van der Waals surface area (Å²) < 4.78 is 10.1. The number of carbonyl (C=O) groups is 2. The maximum absolute atomic E-state index is 12.3. The summed E-state index contributed by atoms with van der Waals surface area (Å²) in [6, 6.07) is 15.8. The van der Waals surface area contributed by atoms with Gasteiger partial charge in [0.25, 0.3) is 5.91 Å². The maximum atomic E-state index is 12.3. The van der Waals surface area contributed by atoms with Crippen LogP contribution in [0.25, 0.3) is 6.08 Å². The Morgan fingerprint density at radius 3 is 2.29 bits per heavy atom. The van der Waals surface area contributed by atoms with E-state index in [2.05, 4.69) is 5.32 Å². The first-order valence-electron chi connectivity index (χ1n) is 7.53. The molecule has 0 bridgehead atoms. The zero-order valence-corrected chi connectivity index (χ0v) is 13.6. The lowest BCUT2D eigenvalue weighted by Crippen LogP contribution is -2.28. The first-order chi connectivity index (χ1) is 11.6. The highest BCUT2D eigenvalue weighted by atomic mass is 16.5. The average Bonchev–Trinajstić information content (AvgIpc) is 2.62. The van der Waals surface area contributed by atoms with Crippen LogP contribution in [0.4, 0.5) is 0 Å². The molecule has 0 aliphatic carbocycles. The smallest absolute Gasteiger partial charge is 0.354 e. The predicted molar refractivity (Wildman–Crippen MR) is 91.5 cm³/mol. The van der Waals surface area contributed by atoms with Gasteiger partial charge in [0.15, 0.2) is 0 Å². The molecule has 2 rings (SSSR count). The van der Waals surface area contributed by atoms with E-state index in [0.29, 0.717) is 11.3 Å². The number of rotatable bonds is 6. The van der Waals surface area contributed by atoms with Crippen molar-refractivity contribution < 1.29 is 19.1 Å². The summed E-state index contributed by atoms with van der Waals surface area (Å²) in [5, 5.41) is 2.61. The number of ether oxygens (including phenoxy) is 2. The lowest BCUT2D eigenvalue weighted by atomic mass is 10.1. The van der Waals surface area contributed by atoms with Crippen LogP contribution in [0.15, 0.2) is 60.3 Å². The van der Waals surface area contributed by atoms with Gasteiger partial charge in [0.1, 0.15) is 11.4 Å². The van der Waals surface area contributed by atoms with Gasteiger partial charge in [0, 0.05) is 5.56 Å². The van der Waals surface area contributed by atoms with E-state index in [1.54, 1.807) is 68.6 Å². The largest absolute Gasteiger partial charge is 0.497 e. The lowest BCUT2D eigenvalue weighted by Gasteiger charge is -2.10. The molecule has 1 amide bonds. The Balaban J connectivity index is 2.25. The van der Waals surface area contributed by atoms with Crippen LogP contribution in [0.1, 0.15) is 22.8 Å². The highest BCUT2D eigenvalue weighted by Crippen LogP contribution is 2.14. The first kappa shape index (κ1) is 17.3. The number of esters is 1. The molecule has 0 saturated heterocycles. The number of amides is 1. The van der Waals surface area contributed by atoms with E-state index < -0.39 is 5.97 Å². The summed E-state index contributed by atoms with van der Waals surface area (Å²) in [6.07, 6.45) is 1.57. The van der Waals surface area contributed by atoms with Crippen LogP contribution >= 0.6 is 0 Å². The Morgan fingerprint density at radius 1 is 1.04 bits per heavy atom. The van der Waals surface area contributed by atoms with Crippen molar-refractivity contribution in [1.29, 1.82) is 0 Å². The van der Waals surface area contributed by atoms with Gasteiger partial charge >= 0.3 is 5.97 Å². The molecule has 0 radical (unpaired) electrons. The molecular formula is C19H19NO4. The van der Waals surface area contributed by atoms with E-state index in [-0.39, 0.29) is 18.2 Å². The molecule has 24 heavy (non-hydrogen) atoms. The Hall–Kier alpha value is -3.08. The van der Waals surface area contributed by atoms with E-state index in [0.717, 1.165) is 5.56 Å². The van der Waals surface area contributed by atoms with E-state index in [1.807, 2.05) is 6.07 Å². The number of carbonyl (C=O) groups excluding carboxylic acids is 2. The quantitative estimate of drug-likeness (QED) is 0.655. The van der Waals surface area contributed by atoms with Crippen molar-refractivity contribution in [3.63, 3.8) is 0 Å². The van der Waals surface area contributed by atoms with Gasteiger partial charge in [-0.3, -0.25) is 4.79 Å². The number of benzene rings is 2. The van der Waals surface area contributed by atoms with Crippen LogP contribution in [0.3, 0.4) is 0 Å². The van der Waals surface area contributed by atoms with Crippen molar-refractivity contribution in [3.8, 4) is 5.75 Å². The second kappa shape index (κ2) is 8.53. The minimum Gasteiger partial charge on any atom is -0.497 e. The molecule has 0 aliphatic rings. The summed E-state index contributed by atoms with van der Waals surface area (Å²) in [5.41, 5.74) is 1.28. The van der Waals surface area contributed by atoms with Crippen molar-refractivity contribution in [3.05, 3.63) is 71.4 Å². The molecule has 0 saturated carbocycles. The van der Waals surface area contributed by atoms with Gasteiger partial charge in [-0.05, 0) is 42.8 Å². The SMILES string of the molecule is CCOC(=O)/C(=C\c1ccc(OC)cc1)NC(=O)c1ccccc1. The highest BCUT2D eigenvalue weighted by molar-refractivity contribution is 6.03. The average molecular weight is 325 g/mol. The minimum absolute atomic E-state index is 0.0795. The molecule has 0 atom stereocenters. The second-order valence-corrected chi connectivity index (χ2v) is 4.87. The summed E-state index contributed by atoms with van der Waals surface area (Å²) in [5.74, 6) is -0.251. The molecule has 5 nitrogen and oxygen atoms in total. The molecular weight excluding hydrogens is 306 g/mol. The van der Waals surface area contributed by atoms with Crippen LogP contribution in [0.2, 0.25) is 0 Å². The fraction of sp³-hybridized carbons (Fsp3) is 0.158. The van der Waals surface area contributed by atoms with Crippen LogP contribution < -0.4 is 10.1 Å². The second-order valence-electron chi connectivity index (χ2n) is 4.87. The fourth-order valence-electron chi connectivity index (χ4n) is 2.01. The summed E-state index contributed by atoms with van der Waals surface area (Å²) in [4.78, 5) is 24.4. The topological polar surface area (TPSA) is 64.6 Å². The molecule has 1 N–H and O–H groups in total. The molecule has 124 valence electrons. The zero-order chi connectivity index (χ0) is 17.4. The first-order valence-corrected chi connectivity index (χ1v) is 7.53. The Morgan fingerprint density at radius 2 is 1.71 bits per heavy atom. The van der Waals surface area contributed by atoms with Gasteiger partial charge in [-0.25, -0.2) is 4.79 Å². The Labute approximate surface area is 140 Å². The molecule has 5 heteroatoms. The molecule has 0 spiro atoms. The predicted octanol–water partition coefficient (Wildman–Crippen LogP) is 3.03. The monoisotopic (exact) mass is 325 g/mol. The molecule has 2 aromatic carbocycles. The van der Waals surface area contributed by atoms with Crippen LogP contribution in [0.5, 0.6) is 5.75 Å². The molecule has 0 unspecified atom stereocenters. The normalized spacial score (nSPS) is 10.8. The van der Waals surface area contributed by atoms with Crippen molar-refractivity contribution in [2.75, 3.05) is 13.7 Å². The minimum atomic E-state index is -0.586. The van der Waals surface area contributed by atoms with Gasteiger partial charge in [-0.1, -0.05) is 30.3 Å². The van der Waals surface area contributed by atoms with Gasteiger partial charge < -0.3 is 14.8 Å². The molecule has 0 aliphatic heterocycles. The van der Waals surface area contributed by atoms with Gasteiger partial charge in [0.05, 0.1) is 13.7 Å². The third-order valence-electron chi connectivity index (χ3n) is 3.21. The summed E-state index contributed by atoms with van der Waals surface area (Å²) in [7, 11) is 1.58. The third kappa shape index (κ3) is 4.71.